The molecule has 2 rings (SSSR count). The summed E-state index contributed by atoms with van der Waals surface area (Å²) in [6, 6.07) is 9.45. The van der Waals surface area contributed by atoms with Crippen LogP contribution in [0.1, 0.15) is 19.0 Å². The highest BCUT2D eigenvalue weighted by Crippen LogP contribution is 2.21. The van der Waals surface area contributed by atoms with E-state index in [1.807, 2.05) is 37.3 Å². The largest absolute Gasteiger partial charge is 0.309 e. The summed E-state index contributed by atoms with van der Waals surface area (Å²) in [5, 5.41) is 10.4. The van der Waals surface area contributed by atoms with E-state index >= 15 is 0 Å². The first-order chi connectivity index (χ1) is 9.67. The average Bonchev–Trinajstić information content (AvgIpc) is 2.88. The lowest BCUT2D eigenvalue weighted by Gasteiger charge is -2.02. The van der Waals surface area contributed by atoms with Crippen LogP contribution in [0.25, 0.3) is 0 Å². The van der Waals surface area contributed by atoms with Crippen LogP contribution in [0.5, 0.6) is 0 Å². The first-order valence-electron chi connectivity index (χ1n) is 6.40. The van der Waals surface area contributed by atoms with Crippen LogP contribution in [-0.2, 0) is 11.2 Å². The Morgan fingerprint density at radius 1 is 1.40 bits per heavy atom. The van der Waals surface area contributed by atoms with E-state index in [2.05, 4.69) is 15.5 Å². The molecule has 0 aliphatic rings. The molecule has 0 aliphatic carbocycles. The molecule has 1 amide bonds. The van der Waals surface area contributed by atoms with Gasteiger partial charge in [0.2, 0.25) is 5.91 Å². The number of aromatic nitrogens is 2. The van der Waals surface area contributed by atoms with Crippen LogP contribution < -0.4 is 5.32 Å². The second-order valence-corrected chi connectivity index (χ2v) is 5.84. The molecular formula is C14H16ClN3OS. The summed E-state index contributed by atoms with van der Waals surface area (Å²) in [6.45, 7) is 2.03. The number of rotatable bonds is 6. The van der Waals surface area contributed by atoms with Crippen molar-refractivity contribution in [3.8, 4) is 0 Å². The summed E-state index contributed by atoms with van der Waals surface area (Å²) in [5.41, 5.74) is 1.01. The number of hydrogen-bond donors (Lipinski definition) is 2. The Morgan fingerprint density at radius 3 is 2.80 bits per heavy atom. The Hall–Kier alpha value is -1.46. The summed E-state index contributed by atoms with van der Waals surface area (Å²) in [6.07, 6.45) is 1.32. The minimum Gasteiger partial charge on any atom is -0.309 e. The quantitative estimate of drug-likeness (QED) is 0.799. The molecule has 2 aromatic rings. The van der Waals surface area contributed by atoms with Gasteiger partial charge in [-0.15, -0.1) is 11.8 Å². The van der Waals surface area contributed by atoms with Crippen molar-refractivity contribution in [2.24, 2.45) is 0 Å². The third kappa shape index (κ3) is 4.58. The molecule has 0 saturated carbocycles. The van der Waals surface area contributed by atoms with E-state index in [4.69, 9.17) is 11.6 Å². The molecule has 2 N–H and O–H groups in total. The number of hydrogen-bond acceptors (Lipinski definition) is 3. The van der Waals surface area contributed by atoms with Crippen LogP contribution in [0.3, 0.4) is 0 Å². The second kappa shape index (κ2) is 7.36. The van der Waals surface area contributed by atoms with Crippen molar-refractivity contribution < 1.29 is 4.79 Å². The molecule has 0 unspecified atom stereocenters. The normalized spacial score (nSPS) is 10.5. The summed E-state index contributed by atoms with van der Waals surface area (Å²) < 4.78 is 0. The maximum absolute atomic E-state index is 11.8. The van der Waals surface area contributed by atoms with Crippen LogP contribution in [-0.4, -0.2) is 21.9 Å². The van der Waals surface area contributed by atoms with Gasteiger partial charge in [0.25, 0.3) is 0 Å². The van der Waals surface area contributed by atoms with Gasteiger partial charge < -0.3 is 5.32 Å². The molecule has 1 heterocycles. The first kappa shape index (κ1) is 14.9. The predicted molar refractivity (Wildman–Crippen MR) is 83.4 cm³/mol. The lowest BCUT2D eigenvalue weighted by Crippen LogP contribution is -2.12. The number of thioether (sulfide) groups is 1. The zero-order valence-corrected chi connectivity index (χ0v) is 12.7. The summed E-state index contributed by atoms with van der Waals surface area (Å²) >= 11 is 7.45. The number of H-pyrrole nitrogens is 1. The number of nitrogens with zero attached hydrogens (tertiary/aromatic N) is 1. The van der Waals surface area contributed by atoms with E-state index in [-0.39, 0.29) is 5.91 Å². The fourth-order valence-electron chi connectivity index (χ4n) is 1.60. The Morgan fingerprint density at radius 2 is 2.15 bits per heavy atom. The van der Waals surface area contributed by atoms with Crippen molar-refractivity contribution in [1.82, 2.24) is 10.2 Å². The molecule has 4 nitrogen and oxygen atoms in total. The molecular weight excluding hydrogens is 294 g/mol. The Labute approximate surface area is 127 Å². The minimum absolute atomic E-state index is 0.0272. The van der Waals surface area contributed by atoms with Gasteiger partial charge in [0, 0.05) is 33.9 Å². The molecule has 0 bridgehead atoms. The van der Waals surface area contributed by atoms with Gasteiger partial charge in [-0.2, -0.15) is 5.10 Å². The fourth-order valence-corrected chi connectivity index (χ4v) is 2.58. The topological polar surface area (TPSA) is 57.8 Å². The Kier molecular flexibility index (Phi) is 5.49. The lowest BCUT2D eigenvalue weighted by molar-refractivity contribution is -0.115. The van der Waals surface area contributed by atoms with Gasteiger partial charge in [0.1, 0.15) is 0 Å². The van der Waals surface area contributed by atoms with Crippen LogP contribution in [0.4, 0.5) is 5.82 Å². The van der Waals surface area contributed by atoms with Crippen molar-refractivity contribution >= 4 is 35.1 Å². The van der Waals surface area contributed by atoms with Crippen molar-refractivity contribution in [3.63, 3.8) is 0 Å². The zero-order chi connectivity index (χ0) is 14.4. The number of aromatic amines is 1. The summed E-state index contributed by atoms with van der Waals surface area (Å²) in [5.74, 6) is 1.28. The number of anilines is 1. The Balaban J connectivity index is 1.73. The van der Waals surface area contributed by atoms with Gasteiger partial charge >= 0.3 is 0 Å². The van der Waals surface area contributed by atoms with Gasteiger partial charge in [-0.3, -0.25) is 9.89 Å². The van der Waals surface area contributed by atoms with Gasteiger partial charge in [0.05, 0.1) is 0 Å². The van der Waals surface area contributed by atoms with E-state index in [9.17, 15) is 4.79 Å². The van der Waals surface area contributed by atoms with Gasteiger partial charge in [-0.25, -0.2) is 0 Å². The van der Waals surface area contributed by atoms with E-state index in [0.29, 0.717) is 12.2 Å². The highest BCUT2D eigenvalue weighted by molar-refractivity contribution is 7.99. The number of amides is 1. The van der Waals surface area contributed by atoms with Gasteiger partial charge in [-0.05, 0) is 30.7 Å². The van der Waals surface area contributed by atoms with Crippen molar-refractivity contribution in [1.29, 1.82) is 0 Å². The SMILES string of the molecule is CCc1cc(NC(=O)CCSc2ccc(Cl)cc2)n[nH]1. The molecule has 20 heavy (non-hydrogen) atoms. The summed E-state index contributed by atoms with van der Waals surface area (Å²) in [4.78, 5) is 12.9. The number of halogens is 1. The maximum atomic E-state index is 11.8. The van der Waals surface area contributed by atoms with Crippen molar-refractivity contribution in [2.45, 2.75) is 24.7 Å². The third-order valence-electron chi connectivity index (χ3n) is 2.69. The number of carbonyl (C=O) groups is 1. The molecule has 0 saturated heterocycles. The van der Waals surface area contributed by atoms with Crippen molar-refractivity contribution in [3.05, 3.63) is 41.0 Å². The molecule has 0 aliphatic heterocycles. The molecule has 0 radical (unpaired) electrons. The van der Waals surface area contributed by atoms with E-state index < -0.39 is 0 Å². The molecule has 106 valence electrons. The maximum Gasteiger partial charge on any atom is 0.226 e. The smallest absolute Gasteiger partial charge is 0.226 e. The van der Waals surface area contributed by atoms with E-state index in [1.165, 1.54) is 0 Å². The number of nitrogens with one attached hydrogen (secondary N) is 2. The molecule has 0 spiro atoms. The average molecular weight is 310 g/mol. The van der Waals surface area contributed by atoms with E-state index in [0.717, 1.165) is 27.8 Å². The Bertz CT molecular complexity index is 568. The van der Waals surface area contributed by atoms with Crippen LogP contribution in [0, 0.1) is 0 Å². The van der Waals surface area contributed by atoms with Crippen LogP contribution in [0.15, 0.2) is 35.2 Å². The highest BCUT2D eigenvalue weighted by Gasteiger charge is 2.05. The minimum atomic E-state index is -0.0272. The van der Waals surface area contributed by atoms with E-state index in [1.54, 1.807) is 11.8 Å². The fraction of sp³-hybridized carbons (Fsp3) is 0.286. The summed E-state index contributed by atoms with van der Waals surface area (Å²) in [7, 11) is 0. The predicted octanol–water partition coefficient (Wildman–Crippen LogP) is 3.75. The van der Waals surface area contributed by atoms with Crippen LogP contribution >= 0.6 is 23.4 Å². The highest BCUT2D eigenvalue weighted by atomic mass is 35.5. The lowest BCUT2D eigenvalue weighted by atomic mass is 10.3. The van der Waals surface area contributed by atoms with Crippen molar-refractivity contribution in [2.75, 3.05) is 11.1 Å². The third-order valence-corrected chi connectivity index (χ3v) is 3.96. The van der Waals surface area contributed by atoms with Crippen LogP contribution in [0.2, 0.25) is 5.02 Å². The van der Waals surface area contributed by atoms with Gasteiger partial charge in [0.15, 0.2) is 5.82 Å². The molecule has 6 heteroatoms. The monoisotopic (exact) mass is 309 g/mol. The first-order valence-corrected chi connectivity index (χ1v) is 7.76. The molecule has 1 aromatic carbocycles. The second-order valence-electron chi connectivity index (χ2n) is 4.23. The number of benzene rings is 1. The zero-order valence-electron chi connectivity index (χ0n) is 11.1. The molecule has 0 fully saturated rings. The number of aryl methyl sites for hydroxylation is 1. The number of carbonyl (C=O) groups excluding carboxylic acids is 1. The molecule has 0 atom stereocenters. The standard InChI is InChI=1S/C14H16ClN3OS/c1-2-11-9-13(18-17-11)16-14(19)7-8-20-12-5-3-10(15)4-6-12/h3-6,9H,2,7-8H2,1H3,(H2,16,17,18,19). The van der Waals surface area contributed by atoms with Gasteiger partial charge in [-0.1, -0.05) is 18.5 Å². The molecule has 1 aromatic heterocycles.